The van der Waals surface area contributed by atoms with Gasteiger partial charge < -0.3 is 14.8 Å². The Kier molecular flexibility index (Phi) is 4.63. The quantitative estimate of drug-likeness (QED) is 0.434. The predicted molar refractivity (Wildman–Crippen MR) is 129 cm³/mol. The number of aromatic carboxylic acids is 1. The predicted octanol–water partition coefficient (Wildman–Crippen LogP) is 4.36. The molecule has 8 heteroatoms. The monoisotopic (exact) mass is 467 g/mol. The van der Waals surface area contributed by atoms with Gasteiger partial charge in [0.1, 0.15) is 17.8 Å². The number of nitrogens with zero attached hydrogens (tertiary/aromatic N) is 2. The molecule has 0 spiro atoms. The third kappa shape index (κ3) is 3.10. The van der Waals surface area contributed by atoms with Crippen molar-refractivity contribution in [1.29, 1.82) is 0 Å². The van der Waals surface area contributed by atoms with Crippen molar-refractivity contribution in [2.75, 3.05) is 12.0 Å². The molecule has 0 radical (unpaired) electrons. The standard InChI is InChI=1S/C27H21N3O5/c1-35-18-12-8-15(9-13-18)24-23-20(19-4-2-3-5-21(19)28-23)14-22-25(31)29(27(34)30(22)24)17-10-6-16(7-11-17)26(32)33/h2-13,22,24,28H,14H2,1H3,(H,32,33). The number of urea groups is 1. The molecule has 0 bridgehead atoms. The number of aromatic amines is 1. The highest BCUT2D eigenvalue weighted by Gasteiger charge is 2.53. The average Bonchev–Trinajstić information content (AvgIpc) is 3.37. The number of imide groups is 1. The van der Waals surface area contributed by atoms with E-state index in [4.69, 9.17) is 4.74 Å². The maximum atomic E-state index is 13.8. The van der Waals surface area contributed by atoms with Crippen LogP contribution in [0.1, 0.15) is 33.2 Å². The summed E-state index contributed by atoms with van der Waals surface area (Å²) < 4.78 is 5.31. The molecule has 174 valence electrons. The zero-order valence-corrected chi connectivity index (χ0v) is 18.8. The number of anilines is 1. The van der Waals surface area contributed by atoms with Gasteiger partial charge in [-0.2, -0.15) is 0 Å². The van der Waals surface area contributed by atoms with Gasteiger partial charge in [-0.3, -0.25) is 9.69 Å². The number of H-pyrrole nitrogens is 1. The number of rotatable bonds is 4. The number of nitrogens with one attached hydrogen (secondary N) is 1. The normalized spacial score (nSPS) is 19.1. The first-order valence-corrected chi connectivity index (χ1v) is 11.2. The Balaban J connectivity index is 1.49. The van der Waals surface area contributed by atoms with E-state index >= 15 is 0 Å². The second kappa shape index (κ2) is 7.73. The molecule has 0 saturated carbocycles. The van der Waals surface area contributed by atoms with Gasteiger partial charge in [0.2, 0.25) is 0 Å². The Morgan fingerprint density at radius 2 is 1.71 bits per heavy atom. The van der Waals surface area contributed by atoms with Gasteiger partial charge >= 0.3 is 12.0 Å². The van der Waals surface area contributed by atoms with Gasteiger partial charge in [0.15, 0.2) is 0 Å². The largest absolute Gasteiger partial charge is 0.497 e. The van der Waals surface area contributed by atoms with Crippen molar-refractivity contribution in [3.63, 3.8) is 0 Å². The van der Waals surface area contributed by atoms with Gasteiger partial charge in [-0.15, -0.1) is 0 Å². The van der Waals surface area contributed by atoms with Crippen LogP contribution in [0.3, 0.4) is 0 Å². The fourth-order valence-corrected chi connectivity index (χ4v) is 5.20. The summed E-state index contributed by atoms with van der Waals surface area (Å²) in [5, 5.41) is 10.2. The van der Waals surface area contributed by atoms with Gasteiger partial charge in [-0.25, -0.2) is 14.5 Å². The van der Waals surface area contributed by atoms with Crippen LogP contribution < -0.4 is 9.64 Å². The van der Waals surface area contributed by atoms with Crippen LogP contribution in [0.15, 0.2) is 72.8 Å². The molecule has 4 aromatic rings. The molecule has 2 N–H and O–H groups in total. The van der Waals surface area contributed by atoms with E-state index in [1.807, 2.05) is 48.5 Å². The summed E-state index contributed by atoms with van der Waals surface area (Å²) in [7, 11) is 1.59. The highest BCUT2D eigenvalue weighted by atomic mass is 16.5. The van der Waals surface area contributed by atoms with Crippen molar-refractivity contribution in [3.8, 4) is 5.75 Å². The molecule has 2 aliphatic rings. The van der Waals surface area contributed by atoms with E-state index in [0.717, 1.165) is 32.6 Å². The Bertz CT molecular complexity index is 1490. The minimum atomic E-state index is -1.07. The van der Waals surface area contributed by atoms with Crippen molar-refractivity contribution in [1.82, 2.24) is 9.88 Å². The molecular formula is C27H21N3O5. The Morgan fingerprint density at radius 3 is 2.40 bits per heavy atom. The second-order valence-corrected chi connectivity index (χ2v) is 8.67. The molecule has 3 heterocycles. The van der Waals surface area contributed by atoms with Crippen LogP contribution in [-0.2, 0) is 11.2 Å². The Hall–Kier alpha value is -4.59. The number of amides is 3. The third-order valence-corrected chi connectivity index (χ3v) is 6.85. The van der Waals surface area contributed by atoms with E-state index in [1.54, 1.807) is 12.0 Å². The second-order valence-electron chi connectivity index (χ2n) is 8.67. The molecule has 0 aliphatic carbocycles. The molecule has 35 heavy (non-hydrogen) atoms. The van der Waals surface area contributed by atoms with Crippen LogP contribution in [0.2, 0.25) is 0 Å². The van der Waals surface area contributed by atoms with Gasteiger partial charge in [0.05, 0.1) is 18.4 Å². The van der Waals surface area contributed by atoms with Gasteiger partial charge in [0.25, 0.3) is 5.91 Å². The topological polar surface area (TPSA) is 103 Å². The number of hydrogen-bond donors (Lipinski definition) is 2. The Labute approximate surface area is 200 Å². The summed E-state index contributed by atoms with van der Waals surface area (Å²) in [6, 6.07) is 19.6. The molecule has 3 aromatic carbocycles. The summed E-state index contributed by atoms with van der Waals surface area (Å²) in [4.78, 5) is 44.9. The zero-order valence-electron chi connectivity index (χ0n) is 18.8. The first kappa shape index (κ1) is 21.0. The van der Waals surface area contributed by atoms with Crippen molar-refractivity contribution in [3.05, 3.63) is 95.2 Å². The maximum Gasteiger partial charge on any atom is 0.335 e. The molecule has 1 aromatic heterocycles. The van der Waals surface area contributed by atoms with Crippen LogP contribution in [-0.4, -0.2) is 46.0 Å². The number of para-hydroxylation sites is 1. The number of aromatic nitrogens is 1. The highest BCUT2D eigenvalue weighted by molar-refractivity contribution is 6.22. The van der Waals surface area contributed by atoms with Crippen LogP contribution in [0, 0.1) is 0 Å². The SMILES string of the molecule is COc1ccc(C2c3[nH]c4ccccc4c3CC3C(=O)N(c4ccc(C(=O)O)cc4)C(=O)N32)cc1. The van der Waals surface area contributed by atoms with E-state index in [2.05, 4.69) is 4.98 Å². The number of carbonyl (C=O) groups is 3. The molecule has 1 fully saturated rings. The van der Waals surface area contributed by atoms with Crippen molar-refractivity contribution < 1.29 is 24.2 Å². The lowest BCUT2D eigenvalue weighted by Crippen LogP contribution is -2.44. The lowest BCUT2D eigenvalue weighted by Gasteiger charge is -2.36. The summed E-state index contributed by atoms with van der Waals surface area (Å²) in [6.07, 6.45) is 0.389. The van der Waals surface area contributed by atoms with E-state index in [1.165, 1.54) is 24.3 Å². The molecular weight excluding hydrogens is 446 g/mol. The molecule has 6 rings (SSSR count). The first-order chi connectivity index (χ1) is 17.0. The zero-order chi connectivity index (χ0) is 24.3. The van der Waals surface area contributed by atoms with Crippen LogP contribution in [0.5, 0.6) is 5.75 Å². The lowest BCUT2D eigenvalue weighted by atomic mass is 9.89. The van der Waals surface area contributed by atoms with Crippen molar-refractivity contribution in [2.24, 2.45) is 0 Å². The molecule has 2 unspecified atom stereocenters. The molecule has 2 aliphatic heterocycles. The van der Waals surface area contributed by atoms with E-state index < -0.39 is 24.1 Å². The minimum Gasteiger partial charge on any atom is -0.497 e. The number of ether oxygens (including phenoxy) is 1. The van der Waals surface area contributed by atoms with Gasteiger partial charge in [-0.1, -0.05) is 30.3 Å². The third-order valence-electron chi connectivity index (χ3n) is 6.85. The van der Waals surface area contributed by atoms with E-state index in [9.17, 15) is 19.5 Å². The molecule has 2 atom stereocenters. The molecule has 8 nitrogen and oxygen atoms in total. The molecule has 3 amide bonds. The fourth-order valence-electron chi connectivity index (χ4n) is 5.20. The number of hydrogen-bond acceptors (Lipinski definition) is 4. The van der Waals surface area contributed by atoms with E-state index in [0.29, 0.717) is 17.9 Å². The van der Waals surface area contributed by atoms with Crippen molar-refractivity contribution in [2.45, 2.75) is 18.5 Å². The Morgan fingerprint density at radius 1 is 1.00 bits per heavy atom. The van der Waals surface area contributed by atoms with Crippen molar-refractivity contribution >= 4 is 34.5 Å². The maximum absolute atomic E-state index is 13.8. The minimum absolute atomic E-state index is 0.0862. The number of carbonyl (C=O) groups excluding carboxylic acids is 2. The number of carboxylic acids is 1. The summed E-state index contributed by atoms with van der Waals surface area (Å²) in [5.41, 5.74) is 4.15. The van der Waals surface area contributed by atoms with Crippen LogP contribution in [0.4, 0.5) is 10.5 Å². The summed E-state index contributed by atoms with van der Waals surface area (Å²) in [6.45, 7) is 0. The highest BCUT2D eigenvalue weighted by Crippen LogP contribution is 2.45. The van der Waals surface area contributed by atoms with Gasteiger partial charge in [0, 0.05) is 23.0 Å². The van der Waals surface area contributed by atoms with Gasteiger partial charge in [-0.05, 0) is 53.6 Å². The molecule has 1 saturated heterocycles. The number of benzene rings is 3. The van der Waals surface area contributed by atoms with E-state index in [-0.39, 0.29) is 11.5 Å². The van der Waals surface area contributed by atoms with Crippen LogP contribution in [0.25, 0.3) is 10.9 Å². The number of carboxylic acid groups (broad SMARTS) is 1. The summed E-state index contributed by atoms with van der Waals surface area (Å²) >= 11 is 0. The first-order valence-electron chi connectivity index (χ1n) is 11.2. The van der Waals surface area contributed by atoms with Crippen LogP contribution >= 0.6 is 0 Å². The average molecular weight is 467 g/mol. The number of methoxy groups -OCH3 is 1. The summed E-state index contributed by atoms with van der Waals surface area (Å²) in [5.74, 6) is -0.701. The smallest absolute Gasteiger partial charge is 0.335 e. The number of fused-ring (bicyclic) bond motifs is 4. The lowest BCUT2D eigenvalue weighted by molar-refractivity contribution is -0.120. The fraction of sp³-hybridized carbons (Fsp3) is 0.148.